The van der Waals surface area contributed by atoms with Gasteiger partial charge >= 0.3 is 0 Å². The molecule has 1 heterocycles. The van der Waals surface area contributed by atoms with Gasteiger partial charge in [0.15, 0.2) is 4.77 Å². The van der Waals surface area contributed by atoms with E-state index in [-0.39, 0.29) is 0 Å². The summed E-state index contributed by atoms with van der Waals surface area (Å²) in [6, 6.07) is 17.7. The highest BCUT2D eigenvalue weighted by Crippen LogP contribution is 2.06. The first-order chi connectivity index (χ1) is 8.25. The highest BCUT2D eigenvalue weighted by atomic mass is 32.1. The number of nitrogens with one attached hydrogen (secondary N) is 2. The molecule has 0 bridgehead atoms. The number of para-hydroxylation sites is 2. The minimum atomic E-state index is 0.682. The van der Waals surface area contributed by atoms with Crippen LogP contribution in [0.4, 0.5) is 0 Å². The lowest BCUT2D eigenvalue weighted by atomic mass is 10.3. The number of imidazole rings is 1. The van der Waals surface area contributed by atoms with Crippen LogP contribution < -0.4 is 0 Å². The lowest BCUT2D eigenvalue weighted by Gasteiger charge is -1.82. The van der Waals surface area contributed by atoms with Gasteiger partial charge in [-0.1, -0.05) is 30.3 Å². The summed E-state index contributed by atoms with van der Waals surface area (Å²) < 4.78 is 0.682. The molecule has 3 aromatic rings. The van der Waals surface area contributed by atoms with Crippen LogP contribution in [0.15, 0.2) is 59.5 Å². The lowest BCUT2D eigenvalue weighted by Crippen LogP contribution is -1.63. The van der Waals surface area contributed by atoms with E-state index < -0.39 is 0 Å². The Morgan fingerprint density at radius 3 is 1.65 bits per heavy atom. The van der Waals surface area contributed by atoms with E-state index in [9.17, 15) is 0 Å². The van der Waals surface area contributed by atoms with E-state index in [4.69, 9.17) is 12.2 Å². The maximum absolute atomic E-state index is 4.90. The maximum atomic E-state index is 4.90. The zero-order valence-corrected chi connectivity index (χ0v) is 10.8. The van der Waals surface area contributed by atoms with E-state index in [1.54, 1.807) is 0 Å². The van der Waals surface area contributed by atoms with E-state index >= 15 is 0 Å². The molecule has 0 aliphatic carbocycles. The fourth-order valence-corrected chi connectivity index (χ4v) is 1.80. The van der Waals surface area contributed by atoms with Crippen molar-refractivity contribution in [2.45, 2.75) is 4.90 Å². The van der Waals surface area contributed by atoms with Crippen LogP contribution >= 0.6 is 24.8 Å². The summed E-state index contributed by atoms with van der Waals surface area (Å²) in [5, 5.41) is 0. The third-order valence-electron chi connectivity index (χ3n) is 2.18. The van der Waals surface area contributed by atoms with Crippen molar-refractivity contribution in [3.05, 3.63) is 59.4 Å². The van der Waals surface area contributed by atoms with Gasteiger partial charge in [-0.05, 0) is 36.5 Å². The molecule has 2 aromatic carbocycles. The van der Waals surface area contributed by atoms with Gasteiger partial charge in [-0.25, -0.2) is 0 Å². The van der Waals surface area contributed by atoms with E-state index in [0.717, 1.165) is 15.9 Å². The van der Waals surface area contributed by atoms with Crippen LogP contribution in [0, 0.1) is 4.77 Å². The van der Waals surface area contributed by atoms with Gasteiger partial charge in [0.05, 0.1) is 11.0 Å². The molecule has 0 saturated heterocycles. The van der Waals surface area contributed by atoms with Crippen molar-refractivity contribution in [1.29, 1.82) is 0 Å². The van der Waals surface area contributed by atoms with Gasteiger partial charge in [0.25, 0.3) is 0 Å². The summed E-state index contributed by atoms with van der Waals surface area (Å²) >= 11 is 8.99. The van der Waals surface area contributed by atoms with Crippen LogP contribution in [0.25, 0.3) is 11.0 Å². The molecule has 86 valence electrons. The Morgan fingerprint density at radius 2 is 1.24 bits per heavy atom. The molecule has 3 rings (SSSR count). The number of thiol groups is 1. The third kappa shape index (κ3) is 3.47. The van der Waals surface area contributed by atoms with Gasteiger partial charge in [0.1, 0.15) is 0 Å². The van der Waals surface area contributed by atoms with Crippen molar-refractivity contribution in [1.82, 2.24) is 9.97 Å². The number of fused-ring (bicyclic) bond motifs is 1. The largest absolute Gasteiger partial charge is 0.331 e. The maximum Gasteiger partial charge on any atom is 0.175 e. The highest BCUT2D eigenvalue weighted by Gasteiger charge is 1.90. The average Bonchev–Trinajstić information content (AvgIpc) is 2.71. The smallest absolute Gasteiger partial charge is 0.175 e. The minimum absolute atomic E-state index is 0.682. The van der Waals surface area contributed by atoms with Crippen molar-refractivity contribution in [3.63, 3.8) is 0 Å². The van der Waals surface area contributed by atoms with Crippen LogP contribution in [0.5, 0.6) is 0 Å². The van der Waals surface area contributed by atoms with Crippen molar-refractivity contribution >= 4 is 35.9 Å². The second kappa shape index (κ2) is 5.70. The molecule has 0 saturated carbocycles. The number of aromatic nitrogens is 2. The molecule has 4 heteroatoms. The summed E-state index contributed by atoms with van der Waals surface area (Å²) in [6.07, 6.45) is 0. The first-order valence-corrected chi connectivity index (χ1v) is 6.02. The Labute approximate surface area is 110 Å². The van der Waals surface area contributed by atoms with Gasteiger partial charge < -0.3 is 9.97 Å². The van der Waals surface area contributed by atoms with Gasteiger partial charge in [0.2, 0.25) is 0 Å². The Hall–Kier alpha value is -1.52. The Bertz CT molecular complexity index is 605. The quantitative estimate of drug-likeness (QED) is 0.411. The number of hydrogen-bond acceptors (Lipinski definition) is 2. The van der Waals surface area contributed by atoms with E-state index in [2.05, 4.69) is 22.6 Å². The van der Waals surface area contributed by atoms with Crippen molar-refractivity contribution < 1.29 is 0 Å². The molecule has 17 heavy (non-hydrogen) atoms. The molecule has 0 unspecified atom stereocenters. The first-order valence-electron chi connectivity index (χ1n) is 5.17. The number of H-pyrrole nitrogens is 2. The van der Waals surface area contributed by atoms with E-state index in [1.807, 2.05) is 54.6 Å². The summed E-state index contributed by atoms with van der Waals surface area (Å²) in [4.78, 5) is 7.05. The van der Waals surface area contributed by atoms with E-state index in [1.165, 1.54) is 0 Å². The van der Waals surface area contributed by atoms with E-state index in [0.29, 0.717) is 4.77 Å². The molecule has 0 atom stereocenters. The molecule has 2 nitrogen and oxygen atoms in total. The monoisotopic (exact) mass is 260 g/mol. The van der Waals surface area contributed by atoms with Gasteiger partial charge in [0, 0.05) is 4.90 Å². The lowest BCUT2D eigenvalue weighted by molar-refractivity contribution is 1.30. The number of aromatic amines is 2. The molecular formula is C13H12N2S2. The topological polar surface area (TPSA) is 31.6 Å². The zero-order valence-electron chi connectivity index (χ0n) is 9.05. The molecule has 2 N–H and O–H groups in total. The molecular weight excluding hydrogens is 248 g/mol. The Kier molecular flexibility index (Phi) is 4.01. The summed E-state index contributed by atoms with van der Waals surface area (Å²) in [6.45, 7) is 0. The molecule has 0 fully saturated rings. The van der Waals surface area contributed by atoms with Crippen molar-refractivity contribution in [2.24, 2.45) is 0 Å². The van der Waals surface area contributed by atoms with Crippen LogP contribution in [0.1, 0.15) is 0 Å². The SMILES string of the molecule is S=c1[nH]c2ccccc2[nH]1.Sc1ccccc1. The zero-order chi connectivity index (χ0) is 12.1. The minimum Gasteiger partial charge on any atom is -0.331 e. The third-order valence-corrected chi connectivity index (χ3v) is 2.68. The average molecular weight is 260 g/mol. The molecule has 0 aliphatic heterocycles. The predicted molar refractivity (Wildman–Crippen MR) is 77.2 cm³/mol. The fourth-order valence-electron chi connectivity index (χ4n) is 1.40. The van der Waals surface area contributed by atoms with Crippen molar-refractivity contribution in [2.75, 3.05) is 0 Å². The number of hydrogen-bond donors (Lipinski definition) is 3. The first kappa shape index (κ1) is 12.0. The molecule has 0 aliphatic rings. The second-order valence-electron chi connectivity index (χ2n) is 3.46. The predicted octanol–water partition coefficient (Wildman–Crippen LogP) is 4.20. The Balaban J connectivity index is 0.000000136. The van der Waals surface area contributed by atoms with Crippen LogP contribution in [0.2, 0.25) is 0 Å². The highest BCUT2D eigenvalue weighted by molar-refractivity contribution is 7.80. The van der Waals surface area contributed by atoms with Crippen LogP contribution in [-0.4, -0.2) is 9.97 Å². The number of benzene rings is 2. The Morgan fingerprint density at radius 1 is 0.765 bits per heavy atom. The standard InChI is InChI=1S/C7H6N2S.C6H6S/c10-7-8-5-3-1-2-4-6(5)9-7;7-6-4-2-1-3-5-6/h1-4H,(H2,8,9,10);1-5,7H. The second-order valence-corrected chi connectivity index (χ2v) is 4.38. The fraction of sp³-hybridized carbons (Fsp3) is 0. The summed E-state index contributed by atoms with van der Waals surface area (Å²) in [5.74, 6) is 0. The normalized spacial score (nSPS) is 9.71. The van der Waals surface area contributed by atoms with Gasteiger partial charge in [-0.2, -0.15) is 0 Å². The summed E-state index contributed by atoms with van der Waals surface area (Å²) in [7, 11) is 0. The van der Waals surface area contributed by atoms with Crippen LogP contribution in [-0.2, 0) is 0 Å². The van der Waals surface area contributed by atoms with Crippen LogP contribution in [0.3, 0.4) is 0 Å². The molecule has 0 amide bonds. The van der Waals surface area contributed by atoms with Crippen molar-refractivity contribution in [3.8, 4) is 0 Å². The van der Waals surface area contributed by atoms with Gasteiger partial charge in [-0.3, -0.25) is 0 Å². The molecule has 0 radical (unpaired) electrons. The molecule has 1 aromatic heterocycles. The number of rotatable bonds is 0. The summed E-state index contributed by atoms with van der Waals surface area (Å²) in [5.41, 5.74) is 2.13. The van der Waals surface area contributed by atoms with Gasteiger partial charge in [-0.15, -0.1) is 12.6 Å². The molecule has 0 spiro atoms.